The SMILES string of the molecule is COc1ccc(CNC(=O)CC(c2ccccc2)c2nnc(C)o2)cc1OC. The molecule has 0 bridgehead atoms. The number of aromatic nitrogens is 2. The van der Waals surface area contributed by atoms with E-state index >= 15 is 0 Å². The van der Waals surface area contributed by atoms with Gasteiger partial charge in [0, 0.05) is 19.9 Å². The van der Waals surface area contributed by atoms with Crippen LogP contribution in [0.1, 0.15) is 35.2 Å². The van der Waals surface area contributed by atoms with E-state index in [9.17, 15) is 4.79 Å². The fourth-order valence-corrected chi connectivity index (χ4v) is 2.93. The minimum atomic E-state index is -0.298. The van der Waals surface area contributed by atoms with Gasteiger partial charge in [0.1, 0.15) is 0 Å². The maximum atomic E-state index is 12.6. The Kier molecular flexibility index (Phi) is 6.26. The van der Waals surface area contributed by atoms with Crippen LogP contribution in [0, 0.1) is 6.92 Å². The number of ether oxygens (including phenoxy) is 2. The number of carbonyl (C=O) groups is 1. The molecule has 0 aliphatic carbocycles. The van der Waals surface area contributed by atoms with Gasteiger partial charge in [-0.25, -0.2) is 0 Å². The lowest BCUT2D eigenvalue weighted by molar-refractivity contribution is -0.121. The van der Waals surface area contributed by atoms with Crippen molar-refractivity contribution in [3.8, 4) is 11.5 Å². The Labute approximate surface area is 163 Å². The molecule has 1 N–H and O–H groups in total. The van der Waals surface area contributed by atoms with Gasteiger partial charge in [-0.15, -0.1) is 10.2 Å². The lowest BCUT2D eigenvalue weighted by atomic mass is 9.95. The average Bonchev–Trinajstić information content (AvgIpc) is 3.16. The Balaban J connectivity index is 1.69. The number of nitrogens with zero attached hydrogens (tertiary/aromatic N) is 2. The molecule has 1 atom stereocenters. The number of methoxy groups -OCH3 is 2. The molecule has 0 fully saturated rings. The summed E-state index contributed by atoms with van der Waals surface area (Å²) in [6.07, 6.45) is 0.207. The van der Waals surface area contributed by atoms with Crippen LogP contribution in [0.25, 0.3) is 0 Å². The van der Waals surface area contributed by atoms with Crippen molar-refractivity contribution in [3.05, 3.63) is 71.4 Å². The zero-order valence-electron chi connectivity index (χ0n) is 16.1. The quantitative estimate of drug-likeness (QED) is 0.645. The van der Waals surface area contributed by atoms with Crippen molar-refractivity contribution in [2.45, 2.75) is 25.8 Å². The first-order chi connectivity index (χ1) is 13.6. The van der Waals surface area contributed by atoms with Crippen LogP contribution in [0.5, 0.6) is 11.5 Å². The smallest absolute Gasteiger partial charge is 0.224 e. The summed E-state index contributed by atoms with van der Waals surface area (Å²) in [4.78, 5) is 12.6. The highest BCUT2D eigenvalue weighted by Gasteiger charge is 2.23. The van der Waals surface area contributed by atoms with Crippen molar-refractivity contribution in [2.24, 2.45) is 0 Å². The second-order valence-corrected chi connectivity index (χ2v) is 6.29. The summed E-state index contributed by atoms with van der Waals surface area (Å²) in [5.41, 5.74) is 1.86. The van der Waals surface area contributed by atoms with Crippen LogP contribution < -0.4 is 14.8 Å². The summed E-state index contributed by atoms with van der Waals surface area (Å²) in [5, 5.41) is 10.9. The monoisotopic (exact) mass is 381 g/mol. The van der Waals surface area contributed by atoms with Crippen molar-refractivity contribution in [1.82, 2.24) is 15.5 Å². The number of carbonyl (C=O) groups excluding carboxylic acids is 1. The van der Waals surface area contributed by atoms with Gasteiger partial charge in [-0.1, -0.05) is 36.4 Å². The Hall–Kier alpha value is -3.35. The summed E-state index contributed by atoms with van der Waals surface area (Å²) in [6, 6.07) is 15.2. The van der Waals surface area contributed by atoms with Gasteiger partial charge in [-0.3, -0.25) is 4.79 Å². The zero-order chi connectivity index (χ0) is 19.9. The van der Waals surface area contributed by atoms with Crippen molar-refractivity contribution in [2.75, 3.05) is 14.2 Å². The first-order valence-electron chi connectivity index (χ1n) is 8.93. The average molecular weight is 381 g/mol. The van der Waals surface area contributed by atoms with Gasteiger partial charge >= 0.3 is 0 Å². The third-order valence-corrected chi connectivity index (χ3v) is 4.37. The molecule has 1 amide bonds. The standard InChI is InChI=1S/C21H23N3O4/c1-14-23-24-21(28-14)17(16-7-5-4-6-8-16)12-20(25)22-13-15-9-10-18(26-2)19(11-15)27-3/h4-11,17H,12-13H2,1-3H3,(H,22,25). The van der Waals surface area contributed by atoms with Gasteiger partial charge in [0.25, 0.3) is 0 Å². The van der Waals surface area contributed by atoms with E-state index in [1.807, 2.05) is 48.5 Å². The molecular weight excluding hydrogens is 358 g/mol. The molecule has 1 aromatic heterocycles. The Bertz CT molecular complexity index is 924. The van der Waals surface area contributed by atoms with Gasteiger partial charge in [-0.2, -0.15) is 0 Å². The largest absolute Gasteiger partial charge is 0.493 e. The molecule has 1 heterocycles. The molecule has 3 rings (SSSR count). The van der Waals surface area contributed by atoms with Gasteiger partial charge in [0.2, 0.25) is 17.7 Å². The first-order valence-corrected chi connectivity index (χ1v) is 8.93. The van der Waals surface area contributed by atoms with Crippen molar-refractivity contribution < 1.29 is 18.7 Å². The Morgan fingerprint density at radius 3 is 2.46 bits per heavy atom. The molecule has 2 aromatic carbocycles. The number of amides is 1. The fourth-order valence-electron chi connectivity index (χ4n) is 2.93. The maximum absolute atomic E-state index is 12.6. The first kappa shape index (κ1) is 19.4. The summed E-state index contributed by atoms with van der Waals surface area (Å²) >= 11 is 0. The van der Waals surface area contributed by atoms with E-state index in [4.69, 9.17) is 13.9 Å². The number of benzene rings is 2. The molecule has 0 aliphatic heterocycles. The maximum Gasteiger partial charge on any atom is 0.224 e. The van der Waals surface area contributed by atoms with Gasteiger partial charge < -0.3 is 19.2 Å². The third kappa shape index (κ3) is 4.68. The van der Waals surface area contributed by atoms with E-state index in [1.165, 1.54) is 0 Å². The lowest BCUT2D eigenvalue weighted by Gasteiger charge is -2.14. The molecule has 28 heavy (non-hydrogen) atoms. The van der Waals surface area contributed by atoms with Crippen LogP contribution in [-0.2, 0) is 11.3 Å². The highest BCUT2D eigenvalue weighted by molar-refractivity contribution is 5.77. The van der Waals surface area contributed by atoms with Gasteiger partial charge in [0.05, 0.1) is 20.1 Å². The predicted molar refractivity (Wildman–Crippen MR) is 103 cm³/mol. The van der Waals surface area contributed by atoms with Gasteiger partial charge in [-0.05, 0) is 23.3 Å². The van der Waals surface area contributed by atoms with Crippen LogP contribution in [0.3, 0.4) is 0 Å². The molecule has 0 saturated heterocycles. The predicted octanol–water partition coefficient (Wildman–Crippen LogP) is 3.23. The van der Waals surface area contributed by atoms with Crippen LogP contribution in [0.15, 0.2) is 52.9 Å². The second-order valence-electron chi connectivity index (χ2n) is 6.29. The number of nitrogens with one attached hydrogen (secondary N) is 1. The molecular formula is C21H23N3O4. The number of rotatable bonds is 8. The second kappa shape index (κ2) is 9.03. The molecule has 0 saturated carbocycles. The van der Waals surface area contributed by atoms with E-state index in [0.717, 1.165) is 11.1 Å². The molecule has 1 unspecified atom stereocenters. The normalized spacial score (nSPS) is 11.7. The van der Waals surface area contributed by atoms with Crippen molar-refractivity contribution >= 4 is 5.91 Å². The molecule has 0 aliphatic rings. The molecule has 146 valence electrons. The van der Waals surface area contributed by atoms with E-state index in [2.05, 4.69) is 15.5 Å². The minimum absolute atomic E-state index is 0.112. The minimum Gasteiger partial charge on any atom is -0.493 e. The Morgan fingerprint density at radius 2 is 1.82 bits per heavy atom. The summed E-state index contributed by atoms with van der Waals surface area (Å²) in [6.45, 7) is 2.11. The highest BCUT2D eigenvalue weighted by Crippen LogP contribution is 2.28. The van der Waals surface area contributed by atoms with E-state index in [1.54, 1.807) is 21.1 Å². The fraction of sp³-hybridized carbons (Fsp3) is 0.286. The summed E-state index contributed by atoms with van der Waals surface area (Å²) in [5.74, 6) is 1.77. The lowest BCUT2D eigenvalue weighted by Crippen LogP contribution is -2.25. The zero-order valence-corrected chi connectivity index (χ0v) is 16.1. The molecule has 7 nitrogen and oxygen atoms in total. The van der Waals surface area contributed by atoms with Crippen LogP contribution >= 0.6 is 0 Å². The van der Waals surface area contributed by atoms with Crippen LogP contribution in [0.2, 0.25) is 0 Å². The summed E-state index contributed by atoms with van der Waals surface area (Å²) < 4.78 is 16.1. The van der Waals surface area contributed by atoms with Crippen LogP contribution in [-0.4, -0.2) is 30.3 Å². The van der Waals surface area contributed by atoms with Crippen molar-refractivity contribution in [1.29, 1.82) is 0 Å². The highest BCUT2D eigenvalue weighted by atomic mass is 16.5. The summed E-state index contributed by atoms with van der Waals surface area (Å²) in [7, 11) is 3.17. The number of hydrogen-bond acceptors (Lipinski definition) is 6. The van der Waals surface area contributed by atoms with Crippen LogP contribution in [0.4, 0.5) is 0 Å². The van der Waals surface area contributed by atoms with Crippen molar-refractivity contribution in [3.63, 3.8) is 0 Å². The number of hydrogen-bond donors (Lipinski definition) is 1. The van der Waals surface area contributed by atoms with E-state index in [-0.39, 0.29) is 18.2 Å². The third-order valence-electron chi connectivity index (χ3n) is 4.37. The number of aryl methyl sites for hydroxylation is 1. The van der Waals surface area contributed by atoms with E-state index < -0.39 is 0 Å². The molecule has 0 spiro atoms. The molecule has 3 aromatic rings. The van der Waals surface area contributed by atoms with E-state index in [0.29, 0.717) is 29.8 Å². The topological polar surface area (TPSA) is 86.5 Å². The molecule has 0 radical (unpaired) electrons. The molecule has 7 heteroatoms. The van der Waals surface area contributed by atoms with Gasteiger partial charge in [0.15, 0.2) is 11.5 Å². The Morgan fingerprint density at radius 1 is 1.07 bits per heavy atom.